The van der Waals surface area contributed by atoms with Crippen LogP contribution in [0.3, 0.4) is 0 Å². The Bertz CT molecular complexity index is 1030. The Hall–Kier alpha value is -2.25. The number of aromatic nitrogens is 4. The lowest BCUT2D eigenvalue weighted by Crippen LogP contribution is -2.20. The third-order valence-corrected chi connectivity index (χ3v) is 6.35. The highest BCUT2D eigenvalue weighted by molar-refractivity contribution is 7.10. The first kappa shape index (κ1) is 19.1. The van der Waals surface area contributed by atoms with E-state index in [4.69, 9.17) is 4.98 Å². The maximum absolute atomic E-state index is 11.9. The quantitative estimate of drug-likeness (QED) is 0.654. The average molecular weight is 416 g/mol. The molecule has 0 fully saturated rings. The van der Waals surface area contributed by atoms with Gasteiger partial charge in [-0.25, -0.2) is 4.98 Å². The van der Waals surface area contributed by atoms with Crippen LogP contribution in [-0.2, 0) is 30.6 Å². The van der Waals surface area contributed by atoms with Gasteiger partial charge in [-0.15, -0.1) is 33.9 Å². The number of hydrogen-bond donors (Lipinski definition) is 0. The van der Waals surface area contributed by atoms with Crippen molar-refractivity contribution >= 4 is 35.3 Å². The van der Waals surface area contributed by atoms with Crippen LogP contribution in [0.1, 0.15) is 41.5 Å². The number of fused-ring (bicyclic) bond motifs is 2. The van der Waals surface area contributed by atoms with E-state index in [2.05, 4.69) is 32.3 Å². The number of thiazole rings is 1. The Kier molecular flexibility index (Phi) is 5.21. The van der Waals surface area contributed by atoms with Crippen LogP contribution in [0.25, 0.3) is 11.3 Å². The van der Waals surface area contributed by atoms with Crippen molar-refractivity contribution in [2.75, 3.05) is 11.9 Å². The summed E-state index contributed by atoms with van der Waals surface area (Å²) in [6.07, 6.45) is 5.89. The van der Waals surface area contributed by atoms with Gasteiger partial charge in [0.2, 0.25) is 5.91 Å². The molecule has 0 saturated heterocycles. The van der Waals surface area contributed by atoms with Gasteiger partial charge in [0.25, 0.3) is 0 Å². The number of carbonyl (C=O) groups is 1. The van der Waals surface area contributed by atoms with Gasteiger partial charge in [0.1, 0.15) is 16.7 Å². The molecule has 0 aliphatic carbocycles. The Balaban J connectivity index is 0.00000192. The predicted molar refractivity (Wildman–Crippen MR) is 112 cm³/mol. The van der Waals surface area contributed by atoms with E-state index in [0.717, 1.165) is 58.6 Å². The number of amides is 1. The van der Waals surface area contributed by atoms with E-state index in [1.54, 1.807) is 16.2 Å². The number of aryl methyl sites for hydroxylation is 1. The summed E-state index contributed by atoms with van der Waals surface area (Å²) < 4.78 is 2.28. The minimum Gasteiger partial charge on any atom is -0.315 e. The lowest BCUT2D eigenvalue weighted by molar-refractivity contribution is -0.117. The zero-order valence-corrected chi connectivity index (χ0v) is 17.4. The zero-order valence-electron chi connectivity index (χ0n) is 15.7. The van der Waals surface area contributed by atoms with Crippen molar-refractivity contribution in [1.29, 1.82) is 0 Å². The fourth-order valence-electron chi connectivity index (χ4n) is 3.97. The zero-order chi connectivity index (χ0) is 18.4. The van der Waals surface area contributed by atoms with Crippen molar-refractivity contribution in [2.24, 2.45) is 0 Å². The maximum Gasteiger partial charge on any atom is 0.231 e. The molecule has 0 radical (unpaired) electrons. The molecule has 0 unspecified atom stereocenters. The molecule has 1 aromatic carbocycles. The second kappa shape index (κ2) is 7.64. The summed E-state index contributed by atoms with van der Waals surface area (Å²) in [6, 6.07) is 6.17. The first-order chi connectivity index (χ1) is 13.2. The van der Waals surface area contributed by atoms with Gasteiger partial charge in [-0.05, 0) is 30.5 Å². The van der Waals surface area contributed by atoms with Gasteiger partial charge in [-0.2, -0.15) is 0 Å². The number of likely N-dealkylation sites (N-methyl/N-ethyl adjacent to an activating group) is 1. The summed E-state index contributed by atoms with van der Waals surface area (Å²) in [6.45, 7) is 1.02. The monoisotopic (exact) mass is 415 g/mol. The Morgan fingerprint density at radius 3 is 2.96 bits per heavy atom. The van der Waals surface area contributed by atoms with Gasteiger partial charge in [0, 0.05) is 36.6 Å². The molecule has 6 nitrogen and oxygen atoms in total. The van der Waals surface area contributed by atoms with Crippen LogP contribution in [0.4, 0.5) is 5.69 Å². The highest BCUT2D eigenvalue weighted by Crippen LogP contribution is 2.32. The highest BCUT2D eigenvalue weighted by Gasteiger charge is 2.24. The minimum absolute atomic E-state index is 0. The topological polar surface area (TPSA) is 63.9 Å². The van der Waals surface area contributed by atoms with Crippen LogP contribution in [0, 0.1) is 0 Å². The third kappa shape index (κ3) is 3.33. The average Bonchev–Trinajstić information content (AvgIpc) is 3.30. The van der Waals surface area contributed by atoms with E-state index in [0.29, 0.717) is 6.42 Å². The van der Waals surface area contributed by atoms with E-state index in [1.807, 2.05) is 13.1 Å². The summed E-state index contributed by atoms with van der Waals surface area (Å²) in [5.74, 6) is 2.29. The van der Waals surface area contributed by atoms with Gasteiger partial charge < -0.3 is 9.47 Å². The van der Waals surface area contributed by atoms with Crippen molar-refractivity contribution < 1.29 is 4.79 Å². The van der Waals surface area contributed by atoms with Crippen LogP contribution >= 0.6 is 23.7 Å². The van der Waals surface area contributed by atoms with Crippen molar-refractivity contribution in [1.82, 2.24) is 19.7 Å². The molecule has 0 N–H and O–H groups in total. The standard InChI is InChI=1S/C20H21N5OS.ClH/c1-24-16-7-6-13(9-14(16)10-20(24)26)15-12-27-19(21-15)11-18-23-22-17-5-3-2-4-8-25(17)18;/h6-7,9,12H,2-5,8,10-11H2,1H3;1H. The molecule has 28 heavy (non-hydrogen) atoms. The number of benzene rings is 1. The molecule has 8 heteroatoms. The molecule has 3 aromatic rings. The summed E-state index contributed by atoms with van der Waals surface area (Å²) in [4.78, 5) is 18.5. The van der Waals surface area contributed by atoms with Gasteiger partial charge in [0.15, 0.2) is 0 Å². The van der Waals surface area contributed by atoms with Crippen LogP contribution < -0.4 is 4.90 Å². The van der Waals surface area contributed by atoms with Crippen molar-refractivity contribution in [3.63, 3.8) is 0 Å². The first-order valence-corrected chi connectivity index (χ1v) is 10.3. The SMILES string of the molecule is CN1C(=O)Cc2cc(-c3csc(Cc4nnc5n4CCCCC5)n3)ccc21.Cl. The van der Waals surface area contributed by atoms with Crippen LogP contribution in [0.15, 0.2) is 23.6 Å². The molecule has 2 aliphatic heterocycles. The molecule has 5 rings (SSSR count). The molecule has 0 saturated carbocycles. The molecule has 2 aromatic heterocycles. The molecular weight excluding hydrogens is 394 g/mol. The molecule has 1 amide bonds. The van der Waals surface area contributed by atoms with Crippen LogP contribution in [0.5, 0.6) is 0 Å². The van der Waals surface area contributed by atoms with E-state index in [1.165, 1.54) is 19.3 Å². The first-order valence-electron chi connectivity index (χ1n) is 9.44. The number of halogens is 1. The Labute approximate surface area is 174 Å². The second-order valence-electron chi connectivity index (χ2n) is 7.27. The van der Waals surface area contributed by atoms with Crippen molar-refractivity contribution in [3.8, 4) is 11.3 Å². The summed E-state index contributed by atoms with van der Waals surface area (Å²) in [5, 5.41) is 12.0. The number of anilines is 1. The van der Waals surface area contributed by atoms with Gasteiger partial charge in [-0.3, -0.25) is 4.79 Å². The fraction of sp³-hybridized carbons (Fsp3) is 0.400. The Morgan fingerprint density at radius 1 is 1.18 bits per heavy atom. The molecule has 0 spiro atoms. The lowest BCUT2D eigenvalue weighted by Gasteiger charge is -2.09. The van der Waals surface area contributed by atoms with E-state index in [9.17, 15) is 4.79 Å². The Morgan fingerprint density at radius 2 is 2.07 bits per heavy atom. The molecule has 2 aliphatic rings. The molecule has 146 valence electrons. The predicted octanol–water partition coefficient (Wildman–Crippen LogP) is 3.66. The molecule has 0 atom stereocenters. The van der Waals surface area contributed by atoms with Gasteiger partial charge >= 0.3 is 0 Å². The van der Waals surface area contributed by atoms with E-state index in [-0.39, 0.29) is 18.3 Å². The minimum atomic E-state index is 0. The van der Waals surface area contributed by atoms with Gasteiger partial charge in [0.05, 0.1) is 18.5 Å². The number of nitrogens with zero attached hydrogens (tertiary/aromatic N) is 5. The highest BCUT2D eigenvalue weighted by atomic mass is 35.5. The third-order valence-electron chi connectivity index (χ3n) is 5.50. The number of hydrogen-bond acceptors (Lipinski definition) is 5. The van der Waals surface area contributed by atoms with Crippen molar-refractivity contribution in [3.05, 3.63) is 45.8 Å². The largest absolute Gasteiger partial charge is 0.315 e. The normalized spacial score (nSPS) is 15.8. The van der Waals surface area contributed by atoms with Crippen LogP contribution in [0.2, 0.25) is 0 Å². The van der Waals surface area contributed by atoms with Crippen LogP contribution in [-0.4, -0.2) is 32.7 Å². The van der Waals surface area contributed by atoms with Gasteiger partial charge in [-0.1, -0.05) is 12.5 Å². The van der Waals surface area contributed by atoms with Crippen molar-refractivity contribution in [2.45, 2.75) is 45.1 Å². The molecule has 0 bridgehead atoms. The number of rotatable bonds is 3. The van der Waals surface area contributed by atoms with E-state index >= 15 is 0 Å². The smallest absolute Gasteiger partial charge is 0.231 e. The number of carbonyl (C=O) groups excluding carboxylic acids is 1. The second-order valence-corrected chi connectivity index (χ2v) is 8.21. The molecule has 4 heterocycles. The molecular formula is C20H22ClN5OS. The summed E-state index contributed by atoms with van der Waals surface area (Å²) in [7, 11) is 1.83. The maximum atomic E-state index is 11.9. The fourth-order valence-corrected chi connectivity index (χ4v) is 4.77. The van der Waals surface area contributed by atoms with E-state index < -0.39 is 0 Å². The summed E-state index contributed by atoms with van der Waals surface area (Å²) in [5.41, 5.74) is 4.12. The summed E-state index contributed by atoms with van der Waals surface area (Å²) >= 11 is 1.66. The lowest BCUT2D eigenvalue weighted by atomic mass is 10.1.